The molecule has 0 amide bonds. The lowest BCUT2D eigenvalue weighted by molar-refractivity contribution is -0.384. The van der Waals surface area contributed by atoms with Gasteiger partial charge in [0, 0.05) is 34.3 Å². The lowest BCUT2D eigenvalue weighted by Crippen LogP contribution is -1.99. The van der Waals surface area contributed by atoms with Crippen LogP contribution in [-0.4, -0.2) is 23.7 Å². The van der Waals surface area contributed by atoms with Gasteiger partial charge in [-0.25, -0.2) is 0 Å². The molecule has 0 saturated heterocycles. The van der Waals surface area contributed by atoms with Crippen molar-refractivity contribution in [2.24, 2.45) is 0 Å². The van der Waals surface area contributed by atoms with Crippen LogP contribution in [-0.2, 0) is 0 Å². The maximum atomic E-state index is 11.5. The molecule has 0 aliphatic rings. The number of nitrogens with zero attached hydrogens (tertiary/aromatic N) is 2. The van der Waals surface area contributed by atoms with Crippen molar-refractivity contribution < 1.29 is 14.4 Å². The molecule has 6 heteroatoms. The van der Waals surface area contributed by atoms with Crippen molar-refractivity contribution in [3.63, 3.8) is 0 Å². The van der Waals surface area contributed by atoms with Gasteiger partial charge < -0.3 is 14.0 Å². The number of methoxy groups -OCH3 is 2. The van der Waals surface area contributed by atoms with Gasteiger partial charge in [-0.1, -0.05) is 66.7 Å². The normalized spacial score (nSPS) is 11.1. The van der Waals surface area contributed by atoms with Gasteiger partial charge in [-0.3, -0.25) is 10.1 Å². The minimum atomic E-state index is -0.371. The van der Waals surface area contributed by atoms with Crippen molar-refractivity contribution in [3.8, 4) is 50.7 Å². The van der Waals surface area contributed by atoms with Gasteiger partial charge in [-0.2, -0.15) is 0 Å². The molecule has 0 fully saturated rings. The minimum absolute atomic E-state index is 0.0458. The maximum Gasteiger partial charge on any atom is 0.269 e. The number of nitro benzene ring substituents is 1. The van der Waals surface area contributed by atoms with Crippen LogP contribution in [0.5, 0.6) is 11.5 Å². The smallest absolute Gasteiger partial charge is 0.269 e. The summed E-state index contributed by atoms with van der Waals surface area (Å²) in [5, 5.41) is 14.7. The van der Waals surface area contributed by atoms with Gasteiger partial charge in [0.1, 0.15) is 11.5 Å². The molecule has 0 radical (unpaired) electrons. The molecule has 214 valence electrons. The molecule has 6 nitrogen and oxygen atoms in total. The van der Waals surface area contributed by atoms with E-state index in [2.05, 4.69) is 71.3 Å². The summed E-state index contributed by atoms with van der Waals surface area (Å²) in [6, 6.07) is 44.1. The second-order valence-electron chi connectivity index (χ2n) is 10.5. The Morgan fingerprint density at radius 2 is 1.20 bits per heavy atom. The number of ether oxygens (including phenoxy) is 2. The van der Waals surface area contributed by atoms with E-state index >= 15 is 0 Å². The molecule has 0 bridgehead atoms. The first-order chi connectivity index (χ1) is 21.6. The van der Waals surface area contributed by atoms with Crippen LogP contribution in [0.25, 0.3) is 60.9 Å². The average Bonchev–Trinajstić information content (AvgIpc) is 3.42. The Kier molecular flexibility index (Phi) is 6.79. The number of fused-ring (bicyclic) bond motifs is 2. The summed E-state index contributed by atoms with van der Waals surface area (Å²) in [6.45, 7) is 0. The Morgan fingerprint density at radius 3 is 1.86 bits per heavy atom. The first-order valence-electron chi connectivity index (χ1n) is 14.3. The van der Waals surface area contributed by atoms with E-state index in [0.717, 1.165) is 72.4 Å². The van der Waals surface area contributed by atoms with E-state index in [1.165, 1.54) is 0 Å². The molecular formula is C38H28N2O4. The molecule has 7 rings (SSSR count). The van der Waals surface area contributed by atoms with E-state index in [1.54, 1.807) is 26.4 Å². The topological polar surface area (TPSA) is 66.5 Å². The second-order valence-corrected chi connectivity index (χ2v) is 10.5. The largest absolute Gasteiger partial charge is 0.497 e. The zero-order chi connectivity index (χ0) is 30.2. The highest BCUT2D eigenvalue weighted by molar-refractivity contribution is 6.12. The highest BCUT2D eigenvalue weighted by atomic mass is 16.6. The molecule has 7 aromatic rings. The number of nitro groups is 1. The first kappa shape index (κ1) is 27.0. The SMILES string of the molecule is COc1ccc(-n2c(-c3ccc(-c4ccccc4)c4ccccc34)c(-c3ccc([N+](=O)[O-])cc3)c3cc(OC)ccc32)cc1. The molecule has 44 heavy (non-hydrogen) atoms. The molecule has 0 atom stereocenters. The van der Waals surface area contributed by atoms with Crippen molar-refractivity contribution >= 4 is 27.4 Å². The van der Waals surface area contributed by atoms with Gasteiger partial charge in [0.15, 0.2) is 0 Å². The van der Waals surface area contributed by atoms with Gasteiger partial charge in [-0.05, 0) is 82.1 Å². The van der Waals surface area contributed by atoms with Crippen LogP contribution in [0.3, 0.4) is 0 Å². The number of rotatable bonds is 7. The van der Waals surface area contributed by atoms with Crippen molar-refractivity contribution in [1.29, 1.82) is 0 Å². The molecular weight excluding hydrogens is 548 g/mol. The highest BCUT2D eigenvalue weighted by Gasteiger charge is 2.24. The van der Waals surface area contributed by atoms with E-state index < -0.39 is 0 Å². The van der Waals surface area contributed by atoms with Crippen LogP contribution in [0.2, 0.25) is 0 Å². The van der Waals surface area contributed by atoms with Gasteiger partial charge in [0.05, 0.1) is 30.4 Å². The van der Waals surface area contributed by atoms with Crippen LogP contribution in [0, 0.1) is 10.1 Å². The number of aromatic nitrogens is 1. The van der Waals surface area contributed by atoms with Crippen molar-refractivity contribution in [3.05, 3.63) is 144 Å². The van der Waals surface area contributed by atoms with Crippen LogP contribution >= 0.6 is 0 Å². The van der Waals surface area contributed by atoms with E-state index in [0.29, 0.717) is 0 Å². The van der Waals surface area contributed by atoms with E-state index in [1.807, 2.05) is 54.6 Å². The van der Waals surface area contributed by atoms with Crippen LogP contribution in [0.4, 0.5) is 5.69 Å². The Hall–Kier alpha value is -5.88. The molecule has 6 aromatic carbocycles. The molecule has 0 aliphatic carbocycles. The van der Waals surface area contributed by atoms with Gasteiger partial charge in [0.25, 0.3) is 5.69 Å². The number of hydrogen-bond acceptors (Lipinski definition) is 4. The lowest BCUT2D eigenvalue weighted by atomic mass is 9.91. The molecule has 0 aliphatic heterocycles. The third kappa shape index (κ3) is 4.53. The monoisotopic (exact) mass is 576 g/mol. The molecule has 0 unspecified atom stereocenters. The Balaban J connectivity index is 1.62. The fraction of sp³-hybridized carbons (Fsp3) is 0.0526. The van der Waals surface area contributed by atoms with E-state index in [9.17, 15) is 10.1 Å². The number of non-ortho nitro benzene ring substituents is 1. The van der Waals surface area contributed by atoms with Gasteiger partial charge >= 0.3 is 0 Å². The standard InChI is InChI=1S/C38H28N2O4/c1-43-29-18-16-27(17-19-29)39-36-23-20-30(44-2)24-35(36)37(26-12-14-28(15-13-26)40(41)42)38(39)34-22-21-31(25-8-4-3-5-9-25)32-10-6-7-11-33(32)34/h3-24H,1-2H3. The summed E-state index contributed by atoms with van der Waals surface area (Å²) >= 11 is 0. The van der Waals surface area contributed by atoms with Gasteiger partial charge in [0.2, 0.25) is 0 Å². The molecule has 0 saturated carbocycles. The highest BCUT2D eigenvalue weighted by Crippen LogP contribution is 2.47. The van der Waals surface area contributed by atoms with Crippen LogP contribution in [0.15, 0.2) is 133 Å². The molecule has 1 heterocycles. The average molecular weight is 577 g/mol. The van der Waals surface area contributed by atoms with Crippen molar-refractivity contribution in [1.82, 2.24) is 4.57 Å². The fourth-order valence-corrected chi connectivity index (χ4v) is 6.07. The zero-order valence-electron chi connectivity index (χ0n) is 24.2. The van der Waals surface area contributed by atoms with Gasteiger partial charge in [-0.15, -0.1) is 0 Å². The number of hydrogen-bond donors (Lipinski definition) is 0. The lowest BCUT2D eigenvalue weighted by Gasteiger charge is -2.17. The Labute approximate surface area is 254 Å². The zero-order valence-corrected chi connectivity index (χ0v) is 24.2. The minimum Gasteiger partial charge on any atom is -0.497 e. The van der Waals surface area contributed by atoms with Crippen molar-refractivity contribution in [2.45, 2.75) is 0 Å². The Morgan fingerprint density at radius 1 is 0.591 bits per heavy atom. The summed E-state index contributed by atoms with van der Waals surface area (Å²) in [5.41, 5.74) is 8.12. The molecule has 0 N–H and O–H groups in total. The summed E-state index contributed by atoms with van der Waals surface area (Å²) < 4.78 is 13.4. The summed E-state index contributed by atoms with van der Waals surface area (Å²) in [4.78, 5) is 11.2. The summed E-state index contributed by atoms with van der Waals surface area (Å²) in [6.07, 6.45) is 0. The Bertz CT molecular complexity index is 2150. The van der Waals surface area contributed by atoms with E-state index in [-0.39, 0.29) is 10.6 Å². The predicted octanol–water partition coefficient (Wildman–Crippen LogP) is 9.71. The number of benzene rings is 6. The second kappa shape index (κ2) is 11.1. The predicted molar refractivity (Wildman–Crippen MR) is 177 cm³/mol. The molecule has 0 spiro atoms. The fourth-order valence-electron chi connectivity index (χ4n) is 6.07. The van der Waals surface area contributed by atoms with Crippen LogP contribution in [0.1, 0.15) is 0 Å². The maximum absolute atomic E-state index is 11.5. The summed E-state index contributed by atoms with van der Waals surface area (Å²) in [7, 11) is 3.31. The molecule has 1 aromatic heterocycles. The first-order valence-corrected chi connectivity index (χ1v) is 14.3. The van der Waals surface area contributed by atoms with Crippen molar-refractivity contribution in [2.75, 3.05) is 14.2 Å². The third-order valence-corrected chi connectivity index (χ3v) is 8.14. The third-order valence-electron chi connectivity index (χ3n) is 8.14. The quantitative estimate of drug-likeness (QED) is 0.140. The van der Waals surface area contributed by atoms with Crippen LogP contribution < -0.4 is 9.47 Å². The van der Waals surface area contributed by atoms with E-state index in [4.69, 9.17) is 9.47 Å². The summed E-state index contributed by atoms with van der Waals surface area (Å²) in [5.74, 6) is 1.49.